The predicted molar refractivity (Wildman–Crippen MR) is 208 cm³/mol. The predicted octanol–water partition coefficient (Wildman–Crippen LogP) is -3.74. The quantitative estimate of drug-likeness (QED) is 0.0908. The summed E-state index contributed by atoms with van der Waals surface area (Å²) in [5, 5.41) is 30.9. The van der Waals surface area contributed by atoms with Crippen molar-refractivity contribution in [2.24, 2.45) is 27.9 Å². The number of amides is 6. The summed E-state index contributed by atoms with van der Waals surface area (Å²) in [6, 6.07) is 0.494. The molecule has 2 fully saturated rings. The Hall–Kier alpha value is -5.31. The summed E-state index contributed by atoms with van der Waals surface area (Å²) in [6.07, 6.45) is 8.31. The van der Waals surface area contributed by atoms with E-state index in [9.17, 15) is 33.9 Å². The van der Waals surface area contributed by atoms with Gasteiger partial charge in [-0.1, -0.05) is 31.4 Å². The van der Waals surface area contributed by atoms with Crippen LogP contribution in [0.4, 0.5) is 5.69 Å². The number of nitrogens with zero attached hydrogens (tertiary/aromatic N) is 1. The maximum atomic E-state index is 14.1. The van der Waals surface area contributed by atoms with Crippen LogP contribution in [0, 0.1) is 0 Å². The summed E-state index contributed by atoms with van der Waals surface area (Å²) in [5.74, 6) is -4.54. The fourth-order valence-corrected chi connectivity index (χ4v) is 6.63. The summed E-state index contributed by atoms with van der Waals surface area (Å²) in [4.78, 5) is 85.0. The second kappa shape index (κ2) is 21.7. The van der Waals surface area contributed by atoms with Gasteiger partial charge < -0.3 is 70.6 Å². The SMILES string of the molecule is NCCCC(N)CC(=O)NC[C@@H]1NC(=O)[C@H](CO)NC(=O)C(N)CNC(=O)[C@H]([C@H]2CCNC(N)=N2)NC(=O)/C(=C\Nc2ccc(C3CCCCC3)cc2)NC1=O. The van der Waals surface area contributed by atoms with E-state index in [0.717, 1.165) is 12.8 Å². The summed E-state index contributed by atoms with van der Waals surface area (Å²) in [6.45, 7) is -1.04. The Kier molecular flexibility index (Phi) is 16.8. The molecule has 1 saturated carbocycles. The molecule has 308 valence electrons. The number of nitrogens with two attached hydrogens (primary N) is 4. The number of guanidine groups is 1. The van der Waals surface area contributed by atoms with Gasteiger partial charge in [0.25, 0.3) is 5.91 Å². The summed E-state index contributed by atoms with van der Waals surface area (Å²) in [5.41, 5.74) is 24.9. The molecule has 0 aromatic heterocycles. The van der Waals surface area contributed by atoms with Crippen LogP contribution in [0.5, 0.6) is 0 Å². The molecule has 6 atom stereocenters. The maximum absolute atomic E-state index is 14.1. The van der Waals surface area contributed by atoms with Crippen molar-refractivity contribution in [3.05, 3.63) is 41.7 Å². The van der Waals surface area contributed by atoms with Crippen molar-refractivity contribution in [3.63, 3.8) is 0 Å². The van der Waals surface area contributed by atoms with Crippen LogP contribution in [0.25, 0.3) is 0 Å². The topological polar surface area (TPSA) is 335 Å². The van der Waals surface area contributed by atoms with Gasteiger partial charge in [-0.25, -0.2) is 4.99 Å². The van der Waals surface area contributed by atoms with Crippen molar-refractivity contribution in [2.45, 2.75) is 100.0 Å². The van der Waals surface area contributed by atoms with E-state index in [0.29, 0.717) is 37.5 Å². The number of benzene rings is 1. The third-order valence-electron chi connectivity index (χ3n) is 9.89. The molecule has 20 heteroatoms. The second-order valence-corrected chi connectivity index (χ2v) is 14.3. The average molecular weight is 784 g/mol. The Balaban J connectivity index is 1.67. The van der Waals surface area contributed by atoms with Gasteiger partial charge in [-0.05, 0) is 62.3 Å². The van der Waals surface area contributed by atoms with Gasteiger partial charge in [-0.15, -0.1) is 0 Å². The van der Waals surface area contributed by atoms with Crippen molar-refractivity contribution < 1.29 is 33.9 Å². The van der Waals surface area contributed by atoms with Gasteiger partial charge in [-0.2, -0.15) is 0 Å². The maximum Gasteiger partial charge on any atom is 0.270 e. The molecular formula is C36H57N13O7. The number of aliphatic imine (C=N–C) groups is 1. The van der Waals surface area contributed by atoms with Crippen LogP contribution in [0.1, 0.15) is 69.3 Å². The Bertz CT molecular complexity index is 1600. The fraction of sp³-hybridized carbons (Fsp3) is 0.583. The van der Waals surface area contributed by atoms with Crippen LogP contribution in [-0.2, 0) is 28.8 Å². The zero-order chi connectivity index (χ0) is 40.6. The Morgan fingerprint density at radius 1 is 0.929 bits per heavy atom. The van der Waals surface area contributed by atoms with Crippen molar-refractivity contribution in [2.75, 3.05) is 38.1 Å². The van der Waals surface area contributed by atoms with E-state index in [2.05, 4.69) is 47.5 Å². The number of carbonyl (C=O) groups is 6. The molecule has 3 aliphatic rings. The van der Waals surface area contributed by atoms with E-state index in [1.807, 2.05) is 24.3 Å². The lowest BCUT2D eigenvalue weighted by molar-refractivity contribution is -0.134. The van der Waals surface area contributed by atoms with Crippen LogP contribution in [-0.4, -0.2) is 116 Å². The minimum Gasteiger partial charge on any atom is -0.394 e. The highest BCUT2D eigenvalue weighted by Crippen LogP contribution is 2.33. The average Bonchev–Trinajstić information content (AvgIpc) is 3.19. The molecule has 1 saturated heterocycles. The molecule has 1 aromatic carbocycles. The van der Waals surface area contributed by atoms with E-state index in [1.165, 1.54) is 31.0 Å². The molecular weight excluding hydrogens is 726 g/mol. The highest BCUT2D eigenvalue weighted by molar-refractivity contribution is 6.02. The van der Waals surface area contributed by atoms with E-state index in [-0.39, 0.29) is 24.5 Å². The lowest BCUT2D eigenvalue weighted by Crippen LogP contribution is -2.62. The van der Waals surface area contributed by atoms with Crippen molar-refractivity contribution in [3.8, 4) is 0 Å². The van der Waals surface area contributed by atoms with Gasteiger partial charge in [0.15, 0.2) is 5.96 Å². The Labute approximate surface area is 325 Å². The number of anilines is 1. The van der Waals surface area contributed by atoms with Crippen LogP contribution in [0.15, 0.2) is 41.2 Å². The highest BCUT2D eigenvalue weighted by Gasteiger charge is 2.35. The molecule has 56 heavy (non-hydrogen) atoms. The zero-order valence-electron chi connectivity index (χ0n) is 31.5. The number of hydrogen-bond donors (Lipinski definition) is 13. The molecule has 0 radical (unpaired) electrons. The third-order valence-corrected chi connectivity index (χ3v) is 9.89. The summed E-state index contributed by atoms with van der Waals surface area (Å²) >= 11 is 0. The number of nitrogens with one attached hydrogen (secondary N) is 8. The molecule has 6 amide bonds. The lowest BCUT2D eigenvalue weighted by atomic mass is 9.84. The van der Waals surface area contributed by atoms with E-state index < -0.39 is 91.4 Å². The van der Waals surface area contributed by atoms with Crippen molar-refractivity contribution in [1.82, 2.24) is 37.2 Å². The van der Waals surface area contributed by atoms with Crippen molar-refractivity contribution in [1.29, 1.82) is 0 Å². The van der Waals surface area contributed by atoms with E-state index in [4.69, 9.17) is 22.9 Å². The first-order valence-corrected chi connectivity index (χ1v) is 19.1. The van der Waals surface area contributed by atoms with Gasteiger partial charge in [0, 0.05) is 44.0 Å². The zero-order valence-corrected chi connectivity index (χ0v) is 31.5. The standard InChI is InChI=1S/C36H57N13O7/c37-13-4-7-22(38)15-29(51)43-18-27-32(53)45-26(17-42-23-10-8-21(9-11-23)20-5-2-1-3-6-20)33(54)49-30(25-12-14-41-36(40)48-25)35(56)44-16-24(39)31(52)47-28(19-50)34(55)46-27/h8-11,17,20,22,24-25,27-28,30,42,50H,1-7,12-16,18-19,37-39H2,(H,43,51)(H,44,56)(H,45,53)(H,46,55)(H,47,52)(H,49,54)(H3,40,41,48)/b26-17+/t22?,24?,25-,27+,28+,30+/m1/s1. The molecule has 1 aliphatic carbocycles. The molecule has 4 rings (SSSR count). The number of rotatable bonds is 12. The van der Waals surface area contributed by atoms with Crippen LogP contribution >= 0.6 is 0 Å². The van der Waals surface area contributed by atoms with E-state index in [1.54, 1.807) is 0 Å². The molecule has 20 nitrogen and oxygen atoms in total. The molecule has 0 bridgehead atoms. The van der Waals surface area contributed by atoms with Gasteiger partial charge >= 0.3 is 0 Å². The molecule has 0 spiro atoms. The molecule has 17 N–H and O–H groups in total. The first-order chi connectivity index (χ1) is 26.9. The minimum atomic E-state index is -1.58. The largest absolute Gasteiger partial charge is 0.394 e. The number of aliphatic hydroxyl groups excluding tert-OH is 1. The third kappa shape index (κ3) is 13.2. The van der Waals surface area contributed by atoms with Crippen LogP contribution < -0.4 is 65.5 Å². The van der Waals surface area contributed by atoms with Gasteiger partial charge in [0.1, 0.15) is 29.9 Å². The fourth-order valence-electron chi connectivity index (χ4n) is 6.63. The number of aliphatic hydroxyl groups is 1. The molecule has 2 unspecified atom stereocenters. The van der Waals surface area contributed by atoms with Gasteiger partial charge in [-0.3, -0.25) is 28.8 Å². The Morgan fingerprint density at radius 3 is 2.32 bits per heavy atom. The van der Waals surface area contributed by atoms with Crippen LogP contribution in [0.2, 0.25) is 0 Å². The van der Waals surface area contributed by atoms with E-state index >= 15 is 0 Å². The summed E-state index contributed by atoms with van der Waals surface area (Å²) < 4.78 is 0. The first kappa shape index (κ1) is 43.4. The van der Waals surface area contributed by atoms with Crippen molar-refractivity contribution >= 4 is 47.1 Å². The Morgan fingerprint density at radius 2 is 1.64 bits per heavy atom. The highest BCUT2D eigenvalue weighted by atomic mass is 16.3. The first-order valence-electron chi connectivity index (χ1n) is 19.1. The lowest BCUT2D eigenvalue weighted by Gasteiger charge is -2.29. The normalized spacial score (nSPS) is 26.0. The molecule has 2 heterocycles. The summed E-state index contributed by atoms with van der Waals surface area (Å²) in [7, 11) is 0. The number of hydrogen-bond acceptors (Lipinski definition) is 14. The minimum absolute atomic E-state index is 0.0462. The second-order valence-electron chi connectivity index (χ2n) is 14.3. The molecule has 1 aromatic rings. The van der Waals surface area contributed by atoms with Gasteiger partial charge in [0.2, 0.25) is 29.5 Å². The molecule has 2 aliphatic heterocycles. The van der Waals surface area contributed by atoms with Crippen LogP contribution in [0.3, 0.4) is 0 Å². The van der Waals surface area contributed by atoms with Gasteiger partial charge in [0.05, 0.1) is 12.6 Å². The monoisotopic (exact) mass is 783 g/mol. The smallest absolute Gasteiger partial charge is 0.270 e. The number of carbonyl (C=O) groups excluding carboxylic acids is 6.